The zero-order valence-electron chi connectivity index (χ0n) is 14.0. The van der Waals surface area contributed by atoms with Crippen LogP contribution in [0.1, 0.15) is 36.7 Å². The molecule has 6 heteroatoms. The van der Waals surface area contributed by atoms with Gasteiger partial charge in [0.15, 0.2) is 0 Å². The smallest absolute Gasteiger partial charge is 0.326 e. The summed E-state index contributed by atoms with van der Waals surface area (Å²) in [6.45, 7) is 7.77. The van der Waals surface area contributed by atoms with Gasteiger partial charge >= 0.3 is 5.97 Å². The first kappa shape index (κ1) is 19.1. The Hall–Kier alpha value is -1.92. The number of carboxylic acid groups (broad SMARTS) is 1. The lowest BCUT2D eigenvalue weighted by Crippen LogP contribution is -2.44. The largest absolute Gasteiger partial charge is 0.480 e. The first-order chi connectivity index (χ1) is 10.9. The Labute approximate surface area is 137 Å². The van der Waals surface area contributed by atoms with Crippen molar-refractivity contribution < 1.29 is 19.8 Å². The fourth-order valence-corrected chi connectivity index (χ4v) is 2.25. The normalized spacial score (nSPS) is 12.4. The Balaban J connectivity index is 2.72. The molecular weight excluding hydrogens is 296 g/mol. The topological polar surface area (TPSA) is 89.9 Å². The lowest BCUT2D eigenvalue weighted by atomic mass is 10.0. The zero-order valence-corrected chi connectivity index (χ0v) is 14.0. The van der Waals surface area contributed by atoms with Crippen molar-refractivity contribution >= 4 is 11.9 Å². The van der Waals surface area contributed by atoms with Crippen LogP contribution in [0.2, 0.25) is 0 Å². The molecule has 0 spiro atoms. The monoisotopic (exact) mass is 322 g/mol. The van der Waals surface area contributed by atoms with Crippen LogP contribution in [-0.2, 0) is 11.3 Å². The van der Waals surface area contributed by atoms with E-state index < -0.39 is 12.0 Å². The molecule has 0 radical (unpaired) electrons. The van der Waals surface area contributed by atoms with Crippen LogP contribution in [0.25, 0.3) is 0 Å². The predicted octanol–water partition coefficient (Wildman–Crippen LogP) is 1.34. The second-order valence-corrected chi connectivity index (χ2v) is 5.82. The van der Waals surface area contributed by atoms with Crippen LogP contribution in [-0.4, -0.2) is 52.7 Å². The highest BCUT2D eigenvalue weighted by Gasteiger charge is 2.23. The van der Waals surface area contributed by atoms with Gasteiger partial charge in [-0.15, -0.1) is 0 Å². The fourth-order valence-electron chi connectivity index (χ4n) is 2.25. The van der Waals surface area contributed by atoms with Gasteiger partial charge in [0.25, 0.3) is 5.91 Å². The maximum absolute atomic E-state index is 12.1. The molecule has 0 fully saturated rings. The SMILES string of the molecule is CCN(CCO)Cc1ccc(C(=O)NC(C(=O)O)C(C)C)cc1. The molecule has 1 rings (SSSR count). The molecule has 1 aromatic rings. The minimum atomic E-state index is -1.03. The summed E-state index contributed by atoms with van der Waals surface area (Å²) in [5.41, 5.74) is 1.47. The molecule has 0 saturated heterocycles. The molecule has 23 heavy (non-hydrogen) atoms. The third-order valence-electron chi connectivity index (χ3n) is 3.71. The molecular formula is C17H26N2O4. The molecule has 3 N–H and O–H groups in total. The molecule has 0 aliphatic rings. The van der Waals surface area contributed by atoms with Crippen LogP contribution in [0.3, 0.4) is 0 Å². The molecule has 128 valence electrons. The maximum atomic E-state index is 12.1. The molecule has 0 heterocycles. The molecule has 1 atom stereocenters. The minimum absolute atomic E-state index is 0.111. The Kier molecular flexibility index (Phi) is 7.71. The molecule has 0 aliphatic heterocycles. The standard InChI is InChI=1S/C17H26N2O4/c1-4-19(9-10-20)11-13-5-7-14(8-6-13)16(21)18-15(12(2)3)17(22)23/h5-8,12,15,20H,4,9-11H2,1-3H3,(H,18,21)(H,22,23). The number of aliphatic hydroxyl groups excluding tert-OH is 1. The van der Waals surface area contributed by atoms with Gasteiger partial charge in [-0.2, -0.15) is 0 Å². The number of hydrogen-bond donors (Lipinski definition) is 3. The summed E-state index contributed by atoms with van der Waals surface area (Å²) in [5.74, 6) is -1.61. The molecule has 0 aliphatic carbocycles. The number of aliphatic carboxylic acids is 1. The summed E-state index contributed by atoms with van der Waals surface area (Å²) in [6, 6.07) is 6.18. The number of amides is 1. The Morgan fingerprint density at radius 2 is 1.83 bits per heavy atom. The van der Waals surface area contributed by atoms with E-state index in [0.29, 0.717) is 18.7 Å². The van der Waals surface area contributed by atoms with Gasteiger partial charge in [0.2, 0.25) is 0 Å². The molecule has 1 amide bonds. The van der Waals surface area contributed by atoms with Crippen LogP contribution in [0.4, 0.5) is 0 Å². The molecule has 0 bridgehead atoms. The maximum Gasteiger partial charge on any atom is 0.326 e. The van der Waals surface area contributed by atoms with E-state index in [9.17, 15) is 9.59 Å². The van der Waals surface area contributed by atoms with Gasteiger partial charge in [0, 0.05) is 18.7 Å². The number of carbonyl (C=O) groups excluding carboxylic acids is 1. The number of benzene rings is 1. The van der Waals surface area contributed by atoms with Gasteiger partial charge in [0.1, 0.15) is 6.04 Å². The van der Waals surface area contributed by atoms with E-state index in [4.69, 9.17) is 10.2 Å². The fraction of sp³-hybridized carbons (Fsp3) is 0.529. The van der Waals surface area contributed by atoms with Crippen molar-refractivity contribution in [3.05, 3.63) is 35.4 Å². The van der Waals surface area contributed by atoms with E-state index in [0.717, 1.165) is 12.1 Å². The highest BCUT2D eigenvalue weighted by atomic mass is 16.4. The van der Waals surface area contributed by atoms with Crippen molar-refractivity contribution in [1.82, 2.24) is 10.2 Å². The second kappa shape index (κ2) is 9.27. The van der Waals surface area contributed by atoms with Crippen molar-refractivity contribution in [3.63, 3.8) is 0 Å². The lowest BCUT2D eigenvalue weighted by Gasteiger charge is -2.20. The molecule has 6 nitrogen and oxygen atoms in total. The van der Waals surface area contributed by atoms with E-state index in [-0.39, 0.29) is 18.4 Å². The number of carbonyl (C=O) groups is 2. The molecule has 1 aromatic carbocycles. The number of likely N-dealkylation sites (N-methyl/N-ethyl adjacent to an activating group) is 1. The van der Waals surface area contributed by atoms with E-state index in [1.165, 1.54) is 0 Å². The lowest BCUT2D eigenvalue weighted by molar-refractivity contribution is -0.140. The van der Waals surface area contributed by atoms with Crippen molar-refractivity contribution in [2.45, 2.75) is 33.4 Å². The highest BCUT2D eigenvalue weighted by molar-refractivity contribution is 5.96. The van der Waals surface area contributed by atoms with Crippen LogP contribution in [0.15, 0.2) is 24.3 Å². The number of nitrogens with one attached hydrogen (secondary N) is 1. The first-order valence-corrected chi connectivity index (χ1v) is 7.84. The van der Waals surface area contributed by atoms with Crippen molar-refractivity contribution in [1.29, 1.82) is 0 Å². The third-order valence-corrected chi connectivity index (χ3v) is 3.71. The summed E-state index contributed by atoms with van der Waals surface area (Å²) < 4.78 is 0. The predicted molar refractivity (Wildman–Crippen MR) is 88.2 cm³/mol. The molecule has 0 aromatic heterocycles. The second-order valence-electron chi connectivity index (χ2n) is 5.82. The van der Waals surface area contributed by atoms with E-state index in [2.05, 4.69) is 10.2 Å². The van der Waals surface area contributed by atoms with E-state index in [1.54, 1.807) is 26.0 Å². The zero-order chi connectivity index (χ0) is 17.4. The van der Waals surface area contributed by atoms with Gasteiger partial charge in [-0.1, -0.05) is 32.9 Å². The first-order valence-electron chi connectivity index (χ1n) is 7.84. The van der Waals surface area contributed by atoms with Gasteiger partial charge in [0.05, 0.1) is 6.61 Å². The third kappa shape index (κ3) is 6.00. The van der Waals surface area contributed by atoms with Crippen LogP contribution >= 0.6 is 0 Å². The number of aliphatic hydroxyl groups is 1. The van der Waals surface area contributed by atoms with Gasteiger partial charge in [-0.25, -0.2) is 4.79 Å². The van der Waals surface area contributed by atoms with Crippen molar-refractivity contribution in [2.24, 2.45) is 5.92 Å². The van der Waals surface area contributed by atoms with Crippen molar-refractivity contribution in [3.8, 4) is 0 Å². The van der Waals surface area contributed by atoms with Gasteiger partial charge in [-0.3, -0.25) is 9.69 Å². The average molecular weight is 322 g/mol. The van der Waals surface area contributed by atoms with Crippen molar-refractivity contribution in [2.75, 3.05) is 19.7 Å². The minimum Gasteiger partial charge on any atom is -0.480 e. The van der Waals surface area contributed by atoms with Gasteiger partial charge in [-0.05, 0) is 30.2 Å². The number of hydrogen-bond acceptors (Lipinski definition) is 4. The average Bonchev–Trinajstić information content (AvgIpc) is 2.51. The Bertz CT molecular complexity index is 514. The summed E-state index contributed by atoms with van der Waals surface area (Å²) in [6.07, 6.45) is 0. The van der Waals surface area contributed by atoms with Crippen LogP contribution in [0, 0.1) is 5.92 Å². The summed E-state index contributed by atoms with van der Waals surface area (Å²) in [5, 5.41) is 20.7. The molecule has 1 unspecified atom stereocenters. The summed E-state index contributed by atoms with van der Waals surface area (Å²) >= 11 is 0. The number of nitrogens with zero attached hydrogens (tertiary/aromatic N) is 1. The highest BCUT2D eigenvalue weighted by Crippen LogP contribution is 2.09. The van der Waals surface area contributed by atoms with Gasteiger partial charge < -0.3 is 15.5 Å². The number of carboxylic acids is 1. The number of rotatable bonds is 9. The summed E-state index contributed by atoms with van der Waals surface area (Å²) in [7, 11) is 0. The van der Waals surface area contributed by atoms with E-state index >= 15 is 0 Å². The Morgan fingerprint density at radius 3 is 2.26 bits per heavy atom. The molecule has 0 saturated carbocycles. The quantitative estimate of drug-likeness (QED) is 0.638. The van der Waals surface area contributed by atoms with Crippen LogP contribution in [0.5, 0.6) is 0 Å². The van der Waals surface area contributed by atoms with E-state index in [1.807, 2.05) is 19.1 Å². The Morgan fingerprint density at radius 1 is 1.22 bits per heavy atom. The summed E-state index contributed by atoms with van der Waals surface area (Å²) in [4.78, 5) is 25.4. The van der Waals surface area contributed by atoms with Crippen LogP contribution < -0.4 is 5.32 Å².